The number of hydrogen-bond donors (Lipinski definition) is 1. The van der Waals surface area contributed by atoms with Gasteiger partial charge in [0.05, 0.1) is 11.9 Å². The summed E-state index contributed by atoms with van der Waals surface area (Å²) in [4.78, 5) is 14.5. The summed E-state index contributed by atoms with van der Waals surface area (Å²) in [6.07, 6.45) is -0.195. The van der Waals surface area contributed by atoms with E-state index >= 15 is 0 Å². The van der Waals surface area contributed by atoms with Gasteiger partial charge in [-0.1, -0.05) is 11.6 Å². The topological polar surface area (TPSA) is 50.2 Å². The molecule has 0 fully saturated rings. The molecule has 0 aliphatic carbocycles. The molecule has 16 heavy (non-hydrogen) atoms. The maximum atomic E-state index is 12.9. The second-order valence-electron chi connectivity index (χ2n) is 3.35. The fourth-order valence-corrected chi connectivity index (χ4v) is 1.66. The quantitative estimate of drug-likeness (QED) is 0.820. The first-order valence-corrected chi connectivity index (χ1v) is 4.90. The van der Waals surface area contributed by atoms with E-state index in [9.17, 15) is 9.18 Å². The lowest BCUT2D eigenvalue weighted by molar-refractivity contribution is -0.136. The molecule has 0 saturated carbocycles. The number of carbonyl (C=O) groups is 1. The van der Waals surface area contributed by atoms with Gasteiger partial charge >= 0.3 is 5.97 Å². The standard InChI is InChI=1S/C11H7ClFNO2/c12-11-7(4-10(15)16)3-6-1-2-8(13)5-9(6)14-11/h1-3,5H,4H2,(H,15,16). The highest BCUT2D eigenvalue weighted by Gasteiger charge is 2.09. The summed E-state index contributed by atoms with van der Waals surface area (Å²) in [5.74, 6) is -1.38. The molecular formula is C11H7ClFNO2. The summed E-state index contributed by atoms with van der Waals surface area (Å²) < 4.78 is 12.9. The number of hydrogen-bond acceptors (Lipinski definition) is 2. The molecule has 1 aromatic carbocycles. The van der Waals surface area contributed by atoms with Gasteiger partial charge in [-0.25, -0.2) is 9.37 Å². The van der Waals surface area contributed by atoms with Crippen LogP contribution in [0.1, 0.15) is 5.56 Å². The summed E-state index contributed by atoms with van der Waals surface area (Å²) >= 11 is 5.80. The highest BCUT2D eigenvalue weighted by Crippen LogP contribution is 2.21. The van der Waals surface area contributed by atoms with Crippen LogP contribution in [0.15, 0.2) is 24.3 Å². The number of aliphatic carboxylic acids is 1. The van der Waals surface area contributed by atoms with Crippen LogP contribution in [0.4, 0.5) is 4.39 Å². The van der Waals surface area contributed by atoms with Crippen LogP contribution in [0.3, 0.4) is 0 Å². The minimum Gasteiger partial charge on any atom is -0.481 e. The second kappa shape index (κ2) is 4.06. The van der Waals surface area contributed by atoms with Crippen molar-refractivity contribution in [2.75, 3.05) is 0 Å². The van der Waals surface area contributed by atoms with Crippen LogP contribution < -0.4 is 0 Å². The monoisotopic (exact) mass is 239 g/mol. The number of rotatable bonds is 2. The lowest BCUT2D eigenvalue weighted by Gasteiger charge is -2.03. The predicted molar refractivity (Wildman–Crippen MR) is 58.1 cm³/mol. The zero-order chi connectivity index (χ0) is 11.7. The summed E-state index contributed by atoms with van der Waals surface area (Å²) in [6, 6.07) is 5.70. The number of aromatic nitrogens is 1. The molecule has 0 unspecified atom stereocenters. The Morgan fingerprint density at radius 3 is 2.88 bits per heavy atom. The maximum absolute atomic E-state index is 12.9. The molecule has 1 heterocycles. The van der Waals surface area contributed by atoms with E-state index in [0.717, 1.165) is 0 Å². The summed E-state index contributed by atoms with van der Waals surface area (Å²) in [5.41, 5.74) is 0.840. The highest BCUT2D eigenvalue weighted by atomic mass is 35.5. The molecule has 1 aromatic heterocycles. The van der Waals surface area contributed by atoms with Crippen LogP contribution in [0.2, 0.25) is 5.15 Å². The van der Waals surface area contributed by atoms with Crippen molar-refractivity contribution >= 4 is 28.5 Å². The van der Waals surface area contributed by atoms with E-state index in [1.165, 1.54) is 12.1 Å². The second-order valence-corrected chi connectivity index (χ2v) is 3.70. The third kappa shape index (κ3) is 2.12. The van der Waals surface area contributed by atoms with Crippen molar-refractivity contribution in [2.24, 2.45) is 0 Å². The number of carboxylic acids is 1. The van der Waals surface area contributed by atoms with Crippen molar-refractivity contribution in [3.63, 3.8) is 0 Å². The van der Waals surface area contributed by atoms with Gasteiger partial charge in [0.1, 0.15) is 11.0 Å². The molecule has 0 atom stereocenters. The minimum absolute atomic E-state index is 0.0977. The molecular weight excluding hydrogens is 233 g/mol. The molecule has 1 N–H and O–H groups in total. The van der Waals surface area contributed by atoms with Crippen molar-refractivity contribution in [2.45, 2.75) is 6.42 Å². The fraction of sp³-hybridized carbons (Fsp3) is 0.0909. The van der Waals surface area contributed by atoms with Gasteiger partial charge in [0.25, 0.3) is 0 Å². The van der Waals surface area contributed by atoms with Crippen LogP contribution in [-0.4, -0.2) is 16.1 Å². The number of halogens is 2. The van der Waals surface area contributed by atoms with E-state index in [4.69, 9.17) is 16.7 Å². The summed E-state index contributed by atoms with van der Waals surface area (Å²) in [5, 5.41) is 9.43. The Morgan fingerprint density at radius 2 is 2.19 bits per heavy atom. The van der Waals surface area contributed by atoms with Crippen LogP contribution in [0.5, 0.6) is 0 Å². The van der Waals surface area contributed by atoms with Crippen molar-refractivity contribution in [3.8, 4) is 0 Å². The molecule has 82 valence electrons. The van der Waals surface area contributed by atoms with Gasteiger partial charge in [-0.2, -0.15) is 0 Å². The normalized spacial score (nSPS) is 10.6. The number of fused-ring (bicyclic) bond motifs is 1. The largest absolute Gasteiger partial charge is 0.481 e. The third-order valence-corrected chi connectivity index (χ3v) is 2.47. The Bertz CT molecular complexity index is 571. The predicted octanol–water partition coefficient (Wildman–Crippen LogP) is 2.65. The smallest absolute Gasteiger partial charge is 0.307 e. The van der Waals surface area contributed by atoms with Crippen molar-refractivity contribution in [1.82, 2.24) is 4.98 Å². The van der Waals surface area contributed by atoms with Gasteiger partial charge in [0.2, 0.25) is 0 Å². The molecule has 5 heteroatoms. The Kier molecular flexibility index (Phi) is 2.75. The molecule has 0 aliphatic rings. The molecule has 0 amide bonds. The number of nitrogens with zero attached hydrogens (tertiary/aromatic N) is 1. The zero-order valence-corrected chi connectivity index (χ0v) is 8.83. The lowest BCUT2D eigenvalue weighted by atomic mass is 10.1. The highest BCUT2D eigenvalue weighted by molar-refractivity contribution is 6.30. The molecule has 0 radical (unpaired) electrons. The van der Waals surface area contributed by atoms with Crippen molar-refractivity contribution in [1.29, 1.82) is 0 Å². The van der Waals surface area contributed by atoms with Crippen LogP contribution in [0.25, 0.3) is 10.9 Å². The number of carboxylic acid groups (broad SMARTS) is 1. The van der Waals surface area contributed by atoms with Gasteiger partial charge in [-0.05, 0) is 18.2 Å². The van der Waals surface area contributed by atoms with E-state index < -0.39 is 11.8 Å². The summed E-state index contributed by atoms with van der Waals surface area (Å²) in [7, 11) is 0. The summed E-state index contributed by atoms with van der Waals surface area (Å²) in [6.45, 7) is 0. The number of benzene rings is 1. The van der Waals surface area contributed by atoms with Crippen LogP contribution in [0, 0.1) is 5.82 Å². The average Bonchev–Trinajstić information content (AvgIpc) is 2.19. The Morgan fingerprint density at radius 1 is 1.44 bits per heavy atom. The third-order valence-electron chi connectivity index (χ3n) is 2.15. The van der Waals surface area contributed by atoms with Gasteiger partial charge < -0.3 is 5.11 Å². The van der Waals surface area contributed by atoms with E-state index in [1.807, 2.05) is 0 Å². The first-order chi connectivity index (χ1) is 7.56. The Balaban J connectivity index is 2.58. The molecule has 0 aliphatic heterocycles. The average molecular weight is 240 g/mol. The SMILES string of the molecule is O=C(O)Cc1cc2ccc(F)cc2nc1Cl. The van der Waals surface area contributed by atoms with Gasteiger partial charge in [-0.15, -0.1) is 0 Å². The Labute approximate surface area is 95.5 Å². The van der Waals surface area contributed by atoms with E-state index in [-0.39, 0.29) is 11.6 Å². The van der Waals surface area contributed by atoms with E-state index in [0.29, 0.717) is 16.5 Å². The van der Waals surface area contributed by atoms with Crippen molar-refractivity contribution < 1.29 is 14.3 Å². The van der Waals surface area contributed by atoms with Crippen molar-refractivity contribution in [3.05, 3.63) is 40.8 Å². The fourth-order valence-electron chi connectivity index (χ4n) is 1.45. The van der Waals surface area contributed by atoms with E-state index in [2.05, 4.69) is 4.98 Å². The molecule has 3 nitrogen and oxygen atoms in total. The Hall–Kier alpha value is -1.68. The van der Waals surface area contributed by atoms with E-state index in [1.54, 1.807) is 12.1 Å². The lowest BCUT2D eigenvalue weighted by Crippen LogP contribution is -2.01. The molecule has 2 aromatic rings. The molecule has 0 saturated heterocycles. The minimum atomic E-state index is -0.981. The van der Waals surface area contributed by atoms with Gasteiger partial charge in [0, 0.05) is 17.0 Å². The molecule has 0 spiro atoms. The number of pyridine rings is 1. The maximum Gasteiger partial charge on any atom is 0.307 e. The molecule has 0 bridgehead atoms. The van der Waals surface area contributed by atoms with Crippen LogP contribution >= 0.6 is 11.6 Å². The zero-order valence-electron chi connectivity index (χ0n) is 8.08. The molecule has 2 rings (SSSR count). The van der Waals surface area contributed by atoms with Crippen LogP contribution in [-0.2, 0) is 11.2 Å². The first-order valence-electron chi connectivity index (χ1n) is 4.53. The van der Waals surface area contributed by atoms with Gasteiger partial charge in [0.15, 0.2) is 0 Å². The van der Waals surface area contributed by atoms with Gasteiger partial charge in [-0.3, -0.25) is 4.79 Å². The first kappa shape index (κ1) is 10.8.